The molecule has 214 valence electrons. The van der Waals surface area contributed by atoms with Crippen LogP contribution in [0.25, 0.3) is 19.6 Å². The van der Waals surface area contributed by atoms with Gasteiger partial charge in [-0.2, -0.15) is 3.71 Å². The molecule has 0 amide bonds. The molecule has 0 aliphatic carbocycles. The van der Waals surface area contributed by atoms with Crippen molar-refractivity contribution in [2.45, 2.75) is 4.71 Å². The number of ether oxygens (including phenoxy) is 4. The lowest BCUT2D eigenvalue weighted by molar-refractivity contribution is -0.577. The van der Waals surface area contributed by atoms with Crippen LogP contribution in [-0.2, 0) is 0 Å². The molecule has 4 aromatic carbocycles. The largest absolute Gasteiger partial charge is 0.496 e. The lowest BCUT2D eigenvalue weighted by atomic mass is 10.1. The van der Waals surface area contributed by atoms with Gasteiger partial charge in [-0.15, -0.1) is 0 Å². The van der Waals surface area contributed by atoms with Crippen LogP contribution in [0.5, 0.6) is 23.0 Å². The van der Waals surface area contributed by atoms with Crippen LogP contribution in [0.1, 0.15) is 22.3 Å². The molecule has 0 radical (unpaired) electrons. The Kier molecular flexibility index (Phi) is 9.02. The highest BCUT2D eigenvalue weighted by molar-refractivity contribution is 8.30. The normalized spacial score (nSPS) is 15.8. The van der Waals surface area contributed by atoms with Crippen molar-refractivity contribution in [2.75, 3.05) is 28.4 Å². The summed E-state index contributed by atoms with van der Waals surface area (Å²) in [6, 6.07) is 32.9. The summed E-state index contributed by atoms with van der Waals surface area (Å²) in [6.45, 7) is 0. The highest BCUT2D eigenvalue weighted by Gasteiger charge is 2.44. The molecule has 0 bridgehead atoms. The summed E-state index contributed by atoms with van der Waals surface area (Å²) in [5, 5.41) is 0. The quantitative estimate of drug-likeness (QED) is 0.186. The summed E-state index contributed by atoms with van der Waals surface area (Å²) in [5.41, 5.74) is 4.31. The van der Waals surface area contributed by atoms with E-state index in [4.69, 9.17) is 18.9 Å². The smallest absolute Gasteiger partial charge is 0.212 e. The predicted molar refractivity (Wildman–Crippen MR) is 181 cm³/mol. The summed E-state index contributed by atoms with van der Waals surface area (Å²) in [4.78, 5) is 4.71. The van der Waals surface area contributed by atoms with Gasteiger partial charge in [0.05, 0.1) is 38.2 Å². The number of quaternary nitrogens is 1. The molecule has 2 heterocycles. The lowest BCUT2D eigenvalue weighted by Gasteiger charge is -2.16. The molecule has 0 saturated heterocycles. The number of hydrogen-bond acceptors (Lipinski definition) is 8. The molecule has 1 N–H and O–H groups in total. The molecule has 6 rings (SSSR count). The molecule has 0 fully saturated rings. The summed E-state index contributed by atoms with van der Waals surface area (Å²) in [7, 11) is 6.91. The molecular weight excluding hydrogens is 603 g/mol. The van der Waals surface area contributed by atoms with E-state index in [-0.39, 0.29) is 4.71 Å². The third-order valence-corrected chi connectivity index (χ3v) is 13.1. The summed E-state index contributed by atoms with van der Waals surface area (Å²) in [5.74, 6) is 3.41. The minimum atomic E-state index is 0.136. The second-order valence-corrected chi connectivity index (χ2v) is 14.1. The first-order chi connectivity index (χ1) is 20.7. The van der Waals surface area contributed by atoms with Gasteiger partial charge >= 0.3 is 0 Å². The molecule has 0 atom stereocenters. The van der Waals surface area contributed by atoms with Crippen LogP contribution in [0.2, 0.25) is 0 Å². The topological polar surface area (TPSA) is 41.4 Å². The number of hydrogen-bond donors (Lipinski definition) is 1. The number of thioether (sulfide) groups is 2. The zero-order valence-electron chi connectivity index (χ0n) is 23.6. The first-order valence-electron chi connectivity index (χ1n) is 13.2. The molecule has 0 saturated carbocycles. The Hall–Kier alpha value is -3.08. The fourth-order valence-corrected chi connectivity index (χ4v) is 11.2. The zero-order chi connectivity index (χ0) is 29.1. The van der Waals surface area contributed by atoms with Crippen LogP contribution in [0, 0.1) is 0 Å². The minimum absolute atomic E-state index is 0.136. The van der Waals surface area contributed by atoms with Crippen molar-refractivity contribution in [3.63, 3.8) is 0 Å². The van der Waals surface area contributed by atoms with Crippen LogP contribution in [0.4, 0.5) is 0 Å². The summed E-state index contributed by atoms with van der Waals surface area (Å²) >= 11 is 7.37. The number of nitrogens with one attached hydrogen (secondary N) is 1. The van der Waals surface area contributed by atoms with Crippen LogP contribution in [-0.4, -0.2) is 33.1 Å². The summed E-state index contributed by atoms with van der Waals surface area (Å²) in [6.07, 6.45) is 0. The van der Waals surface area contributed by atoms with E-state index >= 15 is 0 Å². The lowest BCUT2D eigenvalue weighted by Crippen LogP contribution is -3.00. The van der Waals surface area contributed by atoms with Crippen LogP contribution >= 0.6 is 47.4 Å². The Labute approximate surface area is 263 Å². The molecule has 2 aliphatic heterocycles. The first kappa shape index (κ1) is 29.0. The van der Waals surface area contributed by atoms with Crippen molar-refractivity contribution >= 4 is 67.0 Å². The molecule has 42 heavy (non-hydrogen) atoms. The predicted octanol–water partition coefficient (Wildman–Crippen LogP) is 8.03. The van der Waals surface area contributed by atoms with Gasteiger partial charge in [0.2, 0.25) is 4.71 Å². The SMILES string of the molecule is COc1ccccc1C1=C(c2ccccc2OC)SC([NH+]2SC(c3ccccc3OC)=C(c3ccccc3OC)S2)S1. The van der Waals surface area contributed by atoms with Gasteiger partial charge < -0.3 is 18.9 Å². The fraction of sp³-hybridized carbons (Fsp3) is 0.152. The van der Waals surface area contributed by atoms with Gasteiger partial charge in [0.15, 0.2) is 0 Å². The van der Waals surface area contributed by atoms with E-state index in [0.29, 0.717) is 0 Å². The van der Waals surface area contributed by atoms with Crippen molar-refractivity contribution in [1.82, 2.24) is 0 Å². The number of para-hydroxylation sites is 4. The van der Waals surface area contributed by atoms with E-state index in [1.54, 1.807) is 28.4 Å². The monoisotopic (exact) mass is 632 g/mol. The fourth-order valence-electron chi connectivity index (χ4n) is 4.91. The second kappa shape index (κ2) is 13.1. The molecular formula is C33H30NO4S4+. The van der Waals surface area contributed by atoms with Gasteiger partial charge in [-0.1, -0.05) is 60.7 Å². The van der Waals surface area contributed by atoms with E-state index in [0.717, 1.165) is 45.3 Å². The van der Waals surface area contributed by atoms with Gasteiger partial charge in [0.1, 0.15) is 46.9 Å². The second-order valence-electron chi connectivity index (χ2n) is 9.21. The van der Waals surface area contributed by atoms with E-state index in [1.807, 2.05) is 96.0 Å². The Morgan fingerprint density at radius 3 is 1.02 bits per heavy atom. The van der Waals surface area contributed by atoms with Crippen molar-refractivity contribution in [1.29, 1.82) is 0 Å². The Morgan fingerprint density at radius 2 is 0.714 bits per heavy atom. The standard InChI is InChI=1S/C33H29NO4S4/c1-35-25-17-9-5-13-21(25)29-30(22-14-6-10-18-26(22)36-2)40-33(39-29)34-41-31(23-15-7-11-19-27(23)37-3)32(42-34)24-16-8-12-20-28(24)38-4/h5-20,33H,1-4H3/p+1. The third-order valence-electron chi connectivity index (χ3n) is 6.87. The summed E-state index contributed by atoms with van der Waals surface area (Å²) < 4.78 is 24.7. The first-order valence-corrected chi connectivity index (χ1v) is 16.6. The van der Waals surface area contributed by atoms with Crippen molar-refractivity contribution < 1.29 is 22.7 Å². The minimum Gasteiger partial charge on any atom is -0.496 e. The van der Waals surface area contributed by atoms with Crippen LogP contribution in [0.3, 0.4) is 0 Å². The average Bonchev–Trinajstić information content (AvgIpc) is 3.70. The molecule has 0 spiro atoms. The third kappa shape index (κ3) is 5.52. The van der Waals surface area contributed by atoms with Crippen molar-refractivity contribution in [2.24, 2.45) is 0 Å². The van der Waals surface area contributed by atoms with Crippen molar-refractivity contribution in [3.05, 3.63) is 119 Å². The highest BCUT2D eigenvalue weighted by Crippen LogP contribution is 2.58. The van der Waals surface area contributed by atoms with Gasteiger partial charge in [-0.25, -0.2) is 0 Å². The van der Waals surface area contributed by atoms with Gasteiger partial charge in [-0.05, 0) is 59.9 Å². The van der Waals surface area contributed by atoms with Crippen molar-refractivity contribution in [3.8, 4) is 23.0 Å². The number of benzene rings is 4. The van der Waals surface area contributed by atoms with Crippen LogP contribution < -0.4 is 22.7 Å². The maximum Gasteiger partial charge on any atom is 0.212 e. The Bertz CT molecular complexity index is 1430. The molecule has 0 aromatic heterocycles. The Morgan fingerprint density at radius 1 is 0.429 bits per heavy atom. The van der Waals surface area contributed by atoms with E-state index in [1.165, 1.54) is 23.3 Å². The van der Waals surface area contributed by atoms with E-state index in [2.05, 4.69) is 48.5 Å². The molecule has 4 aromatic rings. The maximum absolute atomic E-state index is 5.82. The van der Waals surface area contributed by atoms with Gasteiger partial charge in [0.25, 0.3) is 0 Å². The zero-order valence-corrected chi connectivity index (χ0v) is 26.8. The number of rotatable bonds is 9. The average molecular weight is 633 g/mol. The highest BCUT2D eigenvalue weighted by atomic mass is 32.2. The van der Waals surface area contributed by atoms with Gasteiger partial charge in [0, 0.05) is 32.1 Å². The molecule has 0 unspecified atom stereocenters. The van der Waals surface area contributed by atoms with E-state index < -0.39 is 0 Å². The van der Waals surface area contributed by atoms with Gasteiger partial charge in [-0.3, -0.25) is 0 Å². The number of methoxy groups -OCH3 is 4. The van der Waals surface area contributed by atoms with E-state index in [9.17, 15) is 0 Å². The van der Waals surface area contributed by atoms with Crippen LogP contribution in [0.15, 0.2) is 97.1 Å². The Balaban J connectivity index is 1.42. The molecule has 9 heteroatoms. The maximum atomic E-state index is 5.82. The molecule has 2 aliphatic rings. The molecule has 5 nitrogen and oxygen atoms in total.